The van der Waals surface area contributed by atoms with Crippen LogP contribution in [0.2, 0.25) is 0 Å². The van der Waals surface area contributed by atoms with Crippen molar-refractivity contribution in [2.75, 3.05) is 5.75 Å². The fraction of sp³-hybridized carbons (Fsp3) is 0.150. The summed E-state index contributed by atoms with van der Waals surface area (Å²) in [4.78, 5) is 15.9. The lowest BCUT2D eigenvalue weighted by Crippen LogP contribution is -2.05. The summed E-state index contributed by atoms with van der Waals surface area (Å²) in [5.41, 5.74) is 3.86. The number of hydrogen-bond acceptors (Lipinski definition) is 4. The molecule has 2 aromatic carbocycles. The number of thioether (sulfide) groups is 1. The molecule has 0 spiro atoms. The molecule has 0 saturated heterocycles. The number of ketones is 1. The Morgan fingerprint density at radius 1 is 1.08 bits per heavy atom. The number of rotatable bonds is 5. The SMILES string of the molecule is Cc1ccccc1-n1c(C)nnc1SCC(=O)c1c[nH]c2ccccc12. The first-order valence-corrected chi connectivity index (χ1v) is 9.34. The average molecular weight is 362 g/mol. The third-order valence-corrected chi connectivity index (χ3v) is 5.30. The molecule has 0 radical (unpaired) electrons. The van der Waals surface area contributed by atoms with Crippen molar-refractivity contribution in [2.45, 2.75) is 19.0 Å². The van der Waals surface area contributed by atoms with Crippen molar-refractivity contribution >= 4 is 28.4 Å². The molecule has 0 aliphatic carbocycles. The van der Waals surface area contributed by atoms with E-state index in [4.69, 9.17) is 0 Å². The fourth-order valence-corrected chi connectivity index (χ4v) is 3.91. The van der Waals surface area contributed by atoms with Gasteiger partial charge in [-0.25, -0.2) is 0 Å². The number of aromatic nitrogens is 4. The molecule has 0 bridgehead atoms. The summed E-state index contributed by atoms with van der Waals surface area (Å²) in [5, 5.41) is 10.1. The molecule has 2 heterocycles. The van der Waals surface area contributed by atoms with Crippen molar-refractivity contribution in [2.24, 2.45) is 0 Å². The van der Waals surface area contributed by atoms with E-state index in [0.29, 0.717) is 11.3 Å². The molecule has 2 aromatic heterocycles. The number of para-hydroxylation sites is 2. The Morgan fingerprint density at radius 3 is 2.69 bits per heavy atom. The number of carbonyl (C=O) groups excluding carboxylic acids is 1. The number of H-pyrrole nitrogens is 1. The Morgan fingerprint density at radius 2 is 1.85 bits per heavy atom. The van der Waals surface area contributed by atoms with Crippen molar-refractivity contribution in [1.82, 2.24) is 19.7 Å². The molecular weight excluding hydrogens is 344 g/mol. The van der Waals surface area contributed by atoms with E-state index in [1.165, 1.54) is 11.8 Å². The molecule has 0 unspecified atom stereocenters. The molecule has 5 nitrogen and oxygen atoms in total. The number of fused-ring (bicyclic) bond motifs is 1. The largest absolute Gasteiger partial charge is 0.360 e. The first-order chi connectivity index (χ1) is 12.6. The van der Waals surface area contributed by atoms with Gasteiger partial charge in [-0.1, -0.05) is 48.2 Å². The van der Waals surface area contributed by atoms with Gasteiger partial charge in [0.25, 0.3) is 0 Å². The monoisotopic (exact) mass is 362 g/mol. The number of nitrogens with one attached hydrogen (secondary N) is 1. The van der Waals surface area contributed by atoms with E-state index >= 15 is 0 Å². The number of carbonyl (C=O) groups is 1. The Hall–Kier alpha value is -2.86. The molecule has 0 fully saturated rings. The second-order valence-electron chi connectivity index (χ2n) is 6.11. The van der Waals surface area contributed by atoms with Crippen LogP contribution in [0.15, 0.2) is 59.9 Å². The van der Waals surface area contributed by atoms with E-state index < -0.39 is 0 Å². The smallest absolute Gasteiger partial charge is 0.196 e. The molecule has 6 heteroatoms. The highest BCUT2D eigenvalue weighted by Crippen LogP contribution is 2.26. The van der Waals surface area contributed by atoms with E-state index in [1.807, 2.05) is 54.0 Å². The lowest BCUT2D eigenvalue weighted by molar-refractivity contribution is 0.102. The van der Waals surface area contributed by atoms with Crippen LogP contribution in [0.25, 0.3) is 16.6 Å². The van der Waals surface area contributed by atoms with Crippen LogP contribution in [0.4, 0.5) is 0 Å². The molecule has 130 valence electrons. The molecule has 1 N–H and O–H groups in total. The first-order valence-electron chi connectivity index (χ1n) is 8.35. The predicted molar refractivity (Wildman–Crippen MR) is 104 cm³/mol. The molecule has 0 atom stereocenters. The maximum Gasteiger partial charge on any atom is 0.196 e. The number of hydrogen-bond donors (Lipinski definition) is 1. The highest BCUT2D eigenvalue weighted by atomic mass is 32.2. The molecule has 26 heavy (non-hydrogen) atoms. The minimum absolute atomic E-state index is 0.0736. The fourth-order valence-electron chi connectivity index (χ4n) is 3.04. The van der Waals surface area contributed by atoms with Gasteiger partial charge >= 0.3 is 0 Å². The highest BCUT2D eigenvalue weighted by molar-refractivity contribution is 7.99. The molecule has 0 amide bonds. The zero-order valence-electron chi connectivity index (χ0n) is 14.6. The van der Waals surface area contributed by atoms with E-state index in [1.54, 1.807) is 6.20 Å². The zero-order chi connectivity index (χ0) is 18.1. The first kappa shape index (κ1) is 16.6. The second-order valence-corrected chi connectivity index (χ2v) is 7.05. The van der Waals surface area contributed by atoms with Crippen LogP contribution >= 0.6 is 11.8 Å². The van der Waals surface area contributed by atoms with Crippen molar-refractivity contribution in [3.05, 3.63) is 71.7 Å². The van der Waals surface area contributed by atoms with Crippen LogP contribution in [0.1, 0.15) is 21.7 Å². The van der Waals surface area contributed by atoms with Gasteiger partial charge < -0.3 is 4.98 Å². The summed E-state index contributed by atoms with van der Waals surface area (Å²) in [5.74, 6) is 1.19. The highest BCUT2D eigenvalue weighted by Gasteiger charge is 2.17. The van der Waals surface area contributed by atoms with Crippen molar-refractivity contribution < 1.29 is 4.79 Å². The number of nitrogens with zero attached hydrogens (tertiary/aromatic N) is 3. The summed E-state index contributed by atoms with van der Waals surface area (Å²) < 4.78 is 2.00. The topological polar surface area (TPSA) is 63.6 Å². The minimum Gasteiger partial charge on any atom is -0.360 e. The average Bonchev–Trinajstić information content (AvgIpc) is 3.24. The number of aryl methyl sites for hydroxylation is 2. The van der Waals surface area contributed by atoms with E-state index in [9.17, 15) is 4.79 Å². The molecular formula is C20H18N4OS. The summed E-state index contributed by atoms with van der Waals surface area (Å²) in [6, 6.07) is 15.9. The lowest BCUT2D eigenvalue weighted by atomic mass is 10.1. The van der Waals surface area contributed by atoms with Crippen LogP contribution in [0, 0.1) is 13.8 Å². The van der Waals surface area contributed by atoms with Gasteiger partial charge in [0.1, 0.15) is 5.82 Å². The van der Waals surface area contributed by atoms with Gasteiger partial charge in [-0.3, -0.25) is 9.36 Å². The maximum atomic E-state index is 12.7. The van der Waals surface area contributed by atoms with E-state index in [-0.39, 0.29) is 5.78 Å². The molecule has 0 aliphatic rings. The van der Waals surface area contributed by atoms with Gasteiger partial charge in [-0.05, 0) is 31.5 Å². The van der Waals surface area contributed by atoms with Gasteiger partial charge in [0.15, 0.2) is 10.9 Å². The Bertz CT molecular complexity index is 1100. The van der Waals surface area contributed by atoms with Gasteiger partial charge in [0.05, 0.1) is 11.4 Å². The predicted octanol–water partition coefficient (Wildman–Crippen LogP) is 4.34. The summed E-state index contributed by atoms with van der Waals surface area (Å²) in [6.07, 6.45) is 1.78. The number of benzene rings is 2. The van der Waals surface area contributed by atoms with Gasteiger partial charge in [-0.2, -0.15) is 0 Å². The zero-order valence-corrected chi connectivity index (χ0v) is 15.4. The standard InChI is InChI=1S/C20H18N4OS/c1-13-7-3-6-10-18(13)24-14(2)22-23-20(24)26-12-19(25)16-11-21-17-9-5-4-8-15(16)17/h3-11,21H,12H2,1-2H3. The van der Waals surface area contributed by atoms with E-state index in [2.05, 4.69) is 28.2 Å². The molecule has 0 aliphatic heterocycles. The van der Waals surface area contributed by atoms with Crippen LogP contribution in [-0.2, 0) is 0 Å². The normalized spacial score (nSPS) is 11.2. The Balaban J connectivity index is 1.59. The number of aromatic amines is 1. The third kappa shape index (κ3) is 2.93. The van der Waals surface area contributed by atoms with Gasteiger partial charge in [-0.15, -0.1) is 10.2 Å². The van der Waals surface area contributed by atoms with Crippen LogP contribution in [-0.4, -0.2) is 31.3 Å². The lowest BCUT2D eigenvalue weighted by Gasteiger charge is -2.10. The summed E-state index contributed by atoms with van der Waals surface area (Å²) >= 11 is 1.41. The Kier molecular flexibility index (Phi) is 4.34. The Labute approximate surface area is 155 Å². The minimum atomic E-state index is 0.0736. The summed E-state index contributed by atoms with van der Waals surface area (Å²) in [6.45, 7) is 3.98. The summed E-state index contributed by atoms with van der Waals surface area (Å²) in [7, 11) is 0. The molecule has 4 rings (SSSR count). The van der Waals surface area contributed by atoms with Crippen LogP contribution in [0.5, 0.6) is 0 Å². The molecule has 4 aromatic rings. The van der Waals surface area contributed by atoms with Gasteiger partial charge in [0, 0.05) is 22.7 Å². The molecule has 0 saturated carbocycles. The van der Waals surface area contributed by atoms with Crippen molar-refractivity contribution in [3.8, 4) is 5.69 Å². The van der Waals surface area contributed by atoms with Crippen LogP contribution < -0.4 is 0 Å². The van der Waals surface area contributed by atoms with E-state index in [0.717, 1.165) is 33.1 Å². The third-order valence-electron chi connectivity index (χ3n) is 4.37. The van der Waals surface area contributed by atoms with Gasteiger partial charge in [0.2, 0.25) is 0 Å². The number of Topliss-reactive ketones (excluding diaryl/α,β-unsaturated/α-hetero) is 1. The van der Waals surface area contributed by atoms with Crippen LogP contribution in [0.3, 0.4) is 0 Å². The second kappa shape index (κ2) is 6.80. The quantitative estimate of drug-likeness (QED) is 0.424. The van der Waals surface area contributed by atoms with Crippen molar-refractivity contribution in [1.29, 1.82) is 0 Å². The maximum absolute atomic E-state index is 12.7. The van der Waals surface area contributed by atoms with Crippen molar-refractivity contribution in [3.63, 3.8) is 0 Å².